The summed E-state index contributed by atoms with van der Waals surface area (Å²) in [6.07, 6.45) is 5.47. The molecule has 1 aromatic carbocycles. The molecule has 2 amide bonds. The number of nitrogens with one attached hydrogen (secondary N) is 2. The molecule has 0 unspecified atom stereocenters. The van der Waals surface area contributed by atoms with Crippen molar-refractivity contribution in [2.75, 3.05) is 13.1 Å². The summed E-state index contributed by atoms with van der Waals surface area (Å²) < 4.78 is 0. The molecule has 6 heteroatoms. The van der Waals surface area contributed by atoms with E-state index in [4.69, 9.17) is 0 Å². The summed E-state index contributed by atoms with van der Waals surface area (Å²) in [5.74, 6) is -0.309. The summed E-state index contributed by atoms with van der Waals surface area (Å²) in [6.45, 7) is 0.952. The first-order valence-corrected chi connectivity index (χ1v) is 8.06. The predicted molar refractivity (Wildman–Crippen MR) is 95.3 cm³/mol. The van der Waals surface area contributed by atoms with Crippen LogP contribution in [0.3, 0.4) is 0 Å². The molecule has 0 aliphatic carbocycles. The summed E-state index contributed by atoms with van der Waals surface area (Å²) in [6, 6.07) is 12.6. The Labute approximate surface area is 145 Å². The van der Waals surface area contributed by atoms with Crippen LogP contribution in [0.2, 0.25) is 0 Å². The number of hydrogen-bond donors (Lipinski definition) is 2. The van der Waals surface area contributed by atoms with Crippen molar-refractivity contribution in [2.24, 2.45) is 0 Å². The molecule has 3 rings (SSSR count). The van der Waals surface area contributed by atoms with Crippen LogP contribution in [0.25, 0.3) is 10.9 Å². The lowest BCUT2D eigenvalue weighted by molar-refractivity contribution is 0.0952. The largest absolute Gasteiger partial charge is 0.352 e. The number of fused-ring (bicyclic) bond motifs is 1. The first kappa shape index (κ1) is 16.6. The Morgan fingerprint density at radius 3 is 2.36 bits per heavy atom. The molecule has 0 aliphatic heterocycles. The molecular formula is C19H18N4O2. The van der Waals surface area contributed by atoms with Crippen LogP contribution >= 0.6 is 0 Å². The highest BCUT2D eigenvalue weighted by atomic mass is 16.2. The number of amides is 2. The van der Waals surface area contributed by atoms with Gasteiger partial charge in [-0.15, -0.1) is 0 Å². The van der Waals surface area contributed by atoms with Crippen LogP contribution in [0.4, 0.5) is 0 Å². The maximum atomic E-state index is 12.3. The fourth-order valence-electron chi connectivity index (χ4n) is 2.48. The van der Waals surface area contributed by atoms with Gasteiger partial charge in [-0.25, -0.2) is 0 Å². The first-order valence-electron chi connectivity index (χ1n) is 8.06. The van der Waals surface area contributed by atoms with Crippen LogP contribution < -0.4 is 10.6 Å². The molecule has 2 N–H and O–H groups in total. The topological polar surface area (TPSA) is 84.0 Å². The monoisotopic (exact) mass is 334 g/mol. The number of pyridine rings is 2. The number of carbonyl (C=O) groups is 2. The second kappa shape index (κ2) is 8.01. The Bertz CT molecular complexity index is 875. The van der Waals surface area contributed by atoms with E-state index in [1.54, 1.807) is 36.8 Å². The fraction of sp³-hybridized carbons (Fsp3) is 0.158. The third-order valence-corrected chi connectivity index (χ3v) is 3.74. The smallest absolute Gasteiger partial charge is 0.253 e. The summed E-state index contributed by atoms with van der Waals surface area (Å²) in [7, 11) is 0. The number of rotatable bonds is 6. The van der Waals surface area contributed by atoms with Crippen molar-refractivity contribution in [1.29, 1.82) is 0 Å². The van der Waals surface area contributed by atoms with Gasteiger partial charge in [0.1, 0.15) is 0 Å². The van der Waals surface area contributed by atoms with Gasteiger partial charge in [0.15, 0.2) is 0 Å². The van der Waals surface area contributed by atoms with E-state index < -0.39 is 0 Å². The van der Waals surface area contributed by atoms with Crippen LogP contribution in [0.15, 0.2) is 61.1 Å². The molecule has 2 heterocycles. The lowest BCUT2D eigenvalue weighted by Crippen LogP contribution is -2.30. The average molecular weight is 334 g/mol. The Kier molecular flexibility index (Phi) is 5.31. The van der Waals surface area contributed by atoms with Gasteiger partial charge >= 0.3 is 0 Å². The Hall–Kier alpha value is -3.28. The highest BCUT2D eigenvalue weighted by Gasteiger charge is 2.10. The van der Waals surface area contributed by atoms with E-state index in [-0.39, 0.29) is 11.8 Å². The van der Waals surface area contributed by atoms with Gasteiger partial charge in [-0.1, -0.05) is 18.2 Å². The molecule has 3 aromatic rings. The van der Waals surface area contributed by atoms with E-state index in [0.29, 0.717) is 36.2 Å². The van der Waals surface area contributed by atoms with Crippen molar-refractivity contribution < 1.29 is 9.59 Å². The maximum Gasteiger partial charge on any atom is 0.253 e. The minimum absolute atomic E-state index is 0.146. The van der Waals surface area contributed by atoms with Crippen LogP contribution in [0.5, 0.6) is 0 Å². The maximum absolute atomic E-state index is 12.3. The zero-order valence-electron chi connectivity index (χ0n) is 13.6. The van der Waals surface area contributed by atoms with E-state index >= 15 is 0 Å². The minimum Gasteiger partial charge on any atom is -0.352 e. The van der Waals surface area contributed by atoms with Crippen LogP contribution in [-0.2, 0) is 0 Å². The van der Waals surface area contributed by atoms with E-state index in [0.717, 1.165) is 5.39 Å². The van der Waals surface area contributed by atoms with Gasteiger partial charge in [-0.2, -0.15) is 0 Å². The molecule has 0 radical (unpaired) electrons. The molecule has 0 atom stereocenters. The minimum atomic E-state index is -0.162. The number of carbonyl (C=O) groups excluding carboxylic acids is 2. The molecule has 0 spiro atoms. The first-order chi connectivity index (χ1) is 12.3. The molecular weight excluding hydrogens is 316 g/mol. The Morgan fingerprint density at radius 1 is 0.840 bits per heavy atom. The van der Waals surface area contributed by atoms with Gasteiger partial charge < -0.3 is 10.6 Å². The van der Waals surface area contributed by atoms with Gasteiger partial charge in [-0.05, 0) is 30.7 Å². The SMILES string of the molecule is O=C(NCCCNC(=O)c1cccc2cccnc12)c1ccncc1. The summed E-state index contributed by atoms with van der Waals surface area (Å²) >= 11 is 0. The Balaban J connectivity index is 1.47. The van der Waals surface area contributed by atoms with Gasteiger partial charge in [-0.3, -0.25) is 19.6 Å². The van der Waals surface area contributed by atoms with E-state index in [1.807, 2.05) is 24.3 Å². The highest BCUT2D eigenvalue weighted by Crippen LogP contribution is 2.15. The third-order valence-electron chi connectivity index (χ3n) is 3.74. The number of aromatic nitrogens is 2. The van der Waals surface area contributed by atoms with Gasteiger partial charge in [0.2, 0.25) is 0 Å². The van der Waals surface area contributed by atoms with Crippen LogP contribution in [0.1, 0.15) is 27.1 Å². The molecule has 0 fully saturated rings. The number of hydrogen-bond acceptors (Lipinski definition) is 4. The van der Waals surface area contributed by atoms with Gasteiger partial charge in [0.05, 0.1) is 11.1 Å². The second-order valence-electron chi connectivity index (χ2n) is 5.48. The highest BCUT2D eigenvalue weighted by molar-refractivity contribution is 6.05. The quantitative estimate of drug-likeness (QED) is 0.677. The van der Waals surface area contributed by atoms with E-state index in [9.17, 15) is 9.59 Å². The zero-order chi connectivity index (χ0) is 17.5. The fourth-order valence-corrected chi connectivity index (χ4v) is 2.48. The molecule has 25 heavy (non-hydrogen) atoms. The summed E-state index contributed by atoms with van der Waals surface area (Å²) in [5.41, 5.74) is 1.81. The van der Waals surface area contributed by atoms with Crippen LogP contribution in [0, 0.1) is 0 Å². The number of benzene rings is 1. The number of para-hydroxylation sites is 1. The summed E-state index contributed by atoms with van der Waals surface area (Å²) in [5, 5.41) is 6.61. The average Bonchev–Trinajstić information content (AvgIpc) is 2.67. The van der Waals surface area contributed by atoms with E-state index in [1.165, 1.54) is 0 Å². The van der Waals surface area contributed by atoms with Crippen molar-refractivity contribution in [3.05, 3.63) is 72.2 Å². The lowest BCUT2D eigenvalue weighted by atomic mass is 10.1. The van der Waals surface area contributed by atoms with Crippen LogP contribution in [-0.4, -0.2) is 34.9 Å². The van der Waals surface area contributed by atoms with Crippen molar-refractivity contribution >= 4 is 22.7 Å². The molecule has 6 nitrogen and oxygen atoms in total. The normalized spacial score (nSPS) is 10.4. The van der Waals surface area contributed by atoms with Gasteiger partial charge in [0, 0.05) is 42.6 Å². The second-order valence-corrected chi connectivity index (χ2v) is 5.48. The lowest BCUT2D eigenvalue weighted by Gasteiger charge is -2.08. The van der Waals surface area contributed by atoms with E-state index in [2.05, 4.69) is 20.6 Å². The molecule has 0 saturated carbocycles. The van der Waals surface area contributed by atoms with Crippen molar-refractivity contribution in [3.8, 4) is 0 Å². The molecule has 2 aromatic heterocycles. The molecule has 0 saturated heterocycles. The summed E-state index contributed by atoms with van der Waals surface area (Å²) in [4.78, 5) is 32.4. The number of nitrogens with zero attached hydrogens (tertiary/aromatic N) is 2. The zero-order valence-corrected chi connectivity index (χ0v) is 13.6. The van der Waals surface area contributed by atoms with Gasteiger partial charge in [0.25, 0.3) is 11.8 Å². The Morgan fingerprint density at radius 2 is 1.56 bits per heavy atom. The molecule has 0 aliphatic rings. The van der Waals surface area contributed by atoms with Crippen molar-refractivity contribution in [3.63, 3.8) is 0 Å². The molecule has 126 valence electrons. The third kappa shape index (κ3) is 4.17. The predicted octanol–water partition coefficient (Wildman–Crippen LogP) is 2.18. The van der Waals surface area contributed by atoms with Crippen molar-refractivity contribution in [1.82, 2.24) is 20.6 Å². The van der Waals surface area contributed by atoms with Crippen molar-refractivity contribution in [2.45, 2.75) is 6.42 Å². The molecule has 0 bridgehead atoms. The standard InChI is InChI=1S/C19H18N4O2/c24-18(15-7-12-20-13-8-15)22-10-3-11-23-19(25)16-6-1-4-14-5-2-9-21-17(14)16/h1-2,4-9,12-13H,3,10-11H2,(H,22,24)(H,23,25).